The predicted molar refractivity (Wildman–Crippen MR) is 68.3 cm³/mol. The first-order valence-corrected chi connectivity index (χ1v) is 6.46. The van der Waals surface area contributed by atoms with Crippen molar-refractivity contribution in [2.75, 3.05) is 14.2 Å². The van der Waals surface area contributed by atoms with E-state index in [0.717, 1.165) is 11.7 Å². The third kappa shape index (κ3) is 2.63. The van der Waals surface area contributed by atoms with Crippen molar-refractivity contribution in [3.05, 3.63) is 11.9 Å². The lowest BCUT2D eigenvalue weighted by Crippen LogP contribution is -2.22. The Morgan fingerprint density at radius 1 is 1.53 bits per heavy atom. The molecule has 1 aromatic rings. The third-order valence-corrected chi connectivity index (χ3v) is 3.45. The summed E-state index contributed by atoms with van der Waals surface area (Å²) in [5.41, 5.74) is 1.19. The molecule has 0 radical (unpaired) electrons. The molecule has 1 aliphatic carbocycles. The summed E-state index contributed by atoms with van der Waals surface area (Å²) in [6, 6.07) is 0.714. The molecule has 0 aromatic carbocycles. The zero-order valence-electron chi connectivity index (χ0n) is 11.2. The molecule has 1 aromatic heterocycles. The molecule has 0 saturated heterocycles. The van der Waals surface area contributed by atoms with Gasteiger partial charge in [0, 0.05) is 6.04 Å². The number of hydrogen-bond acceptors (Lipinski definition) is 3. The molecule has 0 amide bonds. The molecule has 4 heteroatoms. The standard InChI is InChI=1S/C13H23N3O/c1-9(2)16-13(12(17-4)8-15-16)11(14-3)7-10-5-6-10/h8-11,14H,5-7H2,1-4H3. The Hall–Kier alpha value is -1.03. The summed E-state index contributed by atoms with van der Waals surface area (Å²) in [5, 5.41) is 7.84. The first-order valence-electron chi connectivity index (χ1n) is 6.46. The van der Waals surface area contributed by atoms with Gasteiger partial charge in [-0.3, -0.25) is 4.68 Å². The van der Waals surface area contributed by atoms with Gasteiger partial charge in [-0.1, -0.05) is 12.8 Å². The van der Waals surface area contributed by atoms with Gasteiger partial charge in [0.05, 0.1) is 25.0 Å². The molecule has 0 aliphatic heterocycles. The van der Waals surface area contributed by atoms with E-state index in [9.17, 15) is 0 Å². The topological polar surface area (TPSA) is 39.1 Å². The maximum Gasteiger partial charge on any atom is 0.161 e. The molecule has 1 N–H and O–H groups in total. The van der Waals surface area contributed by atoms with Crippen LogP contribution in [0.2, 0.25) is 0 Å². The van der Waals surface area contributed by atoms with Crippen LogP contribution in [0.1, 0.15) is 50.9 Å². The van der Waals surface area contributed by atoms with Gasteiger partial charge >= 0.3 is 0 Å². The van der Waals surface area contributed by atoms with Crippen LogP contribution in [0.5, 0.6) is 5.75 Å². The Bertz CT molecular complexity index is 369. The van der Waals surface area contributed by atoms with Crippen molar-refractivity contribution in [3.8, 4) is 5.75 Å². The zero-order valence-corrected chi connectivity index (χ0v) is 11.2. The quantitative estimate of drug-likeness (QED) is 0.826. The average Bonchev–Trinajstić information content (AvgIpc) is 3.02. The number of rotatable bonds is 6. The monoisotopic (exact) mass is 237 g/mol. The number of hydrogen-bond donors (Lipinski definition) is 1. The van der Waals surface area contributed by atoms with Crippen molar-refractivity contribution in [1.82, 2.24) is 15.1 Å². The van der Waals surface area contributed by atoms with Gasteiger partial charge in [-0.15, -0.1) is 0 Å². The SMILES string of the molecule is CNC(CC1CC1)c1c(OC)cnn1C(C)C. The minimum Gasteiger partial charge on any atom is -0.493 e. The zero-order chi connectivity index (χ0) is 12.4. The van der Waals surface area contributed by atoms with E-state index >= 15 is 0 Å². The number of methoxy groups -OCH3 is 1. The van der Waals surface area contributed by atoms with Crippen LogP contribution in [0, 0.1) is 5.92 Å². The van der Waals surface area contributed by atoms with Gasteiger partial charge in [0.2, 0.25) is 0 Å². The fraction of sp³-hybridized carbons (Fsp3) is 0.769. The van der Waals surface area contributed by atoms with E-state index in [-0.39, 0.29) is 0 Å². The molecular weight excluding hydrogens is 214 g/mol. The molecule has 0 spiro atoms. The number of ether oxygens (including phenoxy) is 1. The highest BCUT2D eigenvalue weighted by molar-refractivity contribution is 5.29. The molecule has 96 valence electrons. The van der Waals surface area contributed by atoms with E-state index in [2.05, 4.69) is 28.9 Å². The summed E-state index contributed by atoms with van der Waals surface area (Å²) >= 11 is 0. The van der Waals surface area contributed by atoms with E-state index in [1.807, 2.05) is 13.2 Å². The van der Waals surface area contributed by atoms with Gasteiger partial charge < -0.3 is 10.1 Å². The highest BCUT2D eigenvalue weighted by atomic mass is 16.5. The Kier molecular flexibility index (Phi) is 3.72. The second kappa shape index (κ2) is 5.08. The van der Waals surface area contributed by atoms with Crippen molar-refractivity contribution in [2.45, 2.75) is 45.2 Å². The molecule has 1 unspecified atom stereocenters. The highest BCUT2D eigenvalue weighted by Crippen LogP contribution is 2.39. The van der Waals surface area contributed by atoms with Crippen molar-refractivity contribution in [1.29, 1.82) is 0 Å². The Labute approximate surface area is 103 Å². The third-order valence-electron chi connectivity index (χ3n) is 3.45. The van der Waals surface area contributed by atoms with Gasteiger partial charge in [0.25, 0.3) is 0 Å². The lowest BCUT2D eigenvalue weighted by atomic mass is 10.1. The normalized spacial score (nSPS) is 17.5. The van der Waals surface area contributed by atoms with Crippen LogP contribution in [0.3, 0.4) is 0 Å². The molecule has 1 heterocycles. The molecule has 4 nitrogen and oxygen atoms in total. The van der Waals surface area contributed by atoms with E-state index in [4.69, 9.17) is 4.74 Å². The van der Waals surface area contributed by atoms with E-state index in [1.165, 1.54) is 25.0 Å². The minimum absolute atomic E-state index is 0.349. The van der Waals surface area contributed by atoms with E-state index < -0.39 is 0 Å². The molecule has 17 heavy (non-hydrogen) atoms. The summed E-state index contributed by atoms with van der Waals surface area (Å²) in [5.74, 6) is 1.78. The van der Waals surface area contributed by atoms with Crippen molar-refractivity contribution >= 4 is 0 Å². The lowest BCUT2D eigenvalue weighted by Gasteiger charge is -2.20. The summed E-state index contributed by atoms with van der Waals surface area (Å²) in [7, 11) is 3.74. The summed E-state index contributed by atoms with van der Waals surface area (Å²) in [4.78, 5) is 0. The second-order valence-corrected chi connectivity index (χ2v) is 5.16. The van der Waals surface area contributed by atoms with Gasteiger partial charge in [-0.05, 0) is 33.2 Å². The highest BCUT2D eigenvalue weighted by Gasteiger charge is 2.29. The first kappa shape index (κ1) is 12.4. The predicted octanol–water partition coefficient (Wildman–Crippen LogP) is 2.53. The number of nitrogens with zero attached hydrogens (tertiary/aromatic N) is 2. The smallest absolute Gasteiger partial charge is 0.161 e. The van der Waals surface area contributed by atoms with Crippen LogP contribution in [-0.4, -0.2) is 23.9 Å². The van der Waals surface area contributed by atoms with Gasteiger partial charge in [0.15, 0.2) is 5.75 Å². The number of aromatic nitrogens is 2. The molecule has 1 atom stereocenters. The van der Waals surface area contributed by atoms with Crippen molar-refractivity contribution in [3.63, 3.8) is 0 Å². The molecule has 1 fully saturated rings. The molecule has 1 aliphatic rings. The maximum atomic E-state index is 5.44. The van der Waals surface area contributed by atoms with Gasteiger partial charge in [-0.25, -0.2) is 0 Å². The Balaban J connectivity index is 2.27. The molecule has 1 saturated carbocycles. The van der Waals surface area contributed by atoms with Gasteiger partial charge in [-0.2, -0.15) is 5.10 Å². The second-order valence-electron chi connectivity index (χ2n) is 5.16. The largest absolute Gasteiger partial charge is 0.493 e. The van der Waals surface area contributed by atoms with Crippen molar-refractivity contribution < 1.29 is 4.74 Å². The van der Waals surface area contributed by atoms with Crippen LogP contribution in [0.25, 0.3) is 0 Å². The summed E-state index contributed by atoms with van der Waals surface area (Å²) in [6.45, 7) is 4.31. The average molecular weight is 237 g/mol. The Morgan fingerprint density at radius 2 is 2.24 bits per heavy atom. The Morgan fingerprint density at radius 3 is 2.71 bits per heavy atom. The fourth-order valence-corrected chi connectivity index (χ4v) is 2.31. The minimum atomic E-state index is 0.349. The van der Waals surface area contributed by atoms with E-state index in [1.54, 1.807) is 7.11 Å². The van der Waals surface area contributed by atoms with Gasteiger partial charge in [0.1, 0.15) is 0 Å². The lowest BCUT2D eigenvalue weighted by molar-refractivity contribution is 0.379. The number of nitrogens with one attached hydrogen (secondary N) is 1. The summed E-state index contributed by atoms with van der Waals surface area (Å²) in [6.07, 6.45) is 5.75. The molecular formula is C13H23N3O. The summed E-state index contributed by atoms with van der Waals surface area (Å²) < 4.78 is 7.51. The molecule has 2 rings (SSSR count). The van der Waals surface area contributed by atoms with Crippen LogP contribution in [-0.2, 0) is 0 Å². The van der Waals surface area contributed by atoms with Crippen LogP contribution in [0.4, 0.5) is 0 Å². The van der Waals surface area contributed by atoms with Crippen molar-refractivity contribution in [2.24, 2.45) is 5.92 Å². The van der Waals surface area contributed by atoms with Crippen LogP contribution in [0.15, 0.2) is 6.20 Å². The van der Waals surface area contributed by atoms with Crippen LogP contribution < -0.4 is 10.1 Å². The molecule has 0 bridgehead atoms. The fourth-order valence-electron chi connectivity index (χ4n) is 2.31. The van der Waals surface area contributed by atoms with Crippen LogP contribution >= 0.6 is 0 Å². The van der Waals surface area contributed by atoms with E-state index in [0.29, 0.717) is 12.1 Å². The maximum absolute atomic E-state index is 5.44. The first-order chi connectivity index (χ1) is 8.17.